The van der Waals surface area contributed by atoms with Crippen LogP contribution in [0.1, 0.15) is 11.3 Å². The van der Waals surface area contributed by atoms with Crippen molar-refractivity contribution in [2.75, 3.05) is 19.5 Å². The number of rotatable bonds is 6. The van der Waals surface area contributed by atoms with Crippen molar-refractivity contribution < 1.29 is 9.47 Å². The Labute approximate surface area is 174 Å². The number of hydrogen-bond donors (Lipinski definition) is 1. The highest BCUT2D eigenvalue weighted by atomic mass is 16.5. The largest absolute Gasteiger partial charge is 0.497 e. The SMILES string of the molecule is COc1ccc(-c2cc(NCc3cc(=O)n4cc(C)ccc4n3)ccc2OC)cc1. The molecule has 2 aromatic carbocycles. The molecule has 0 unspecified atom stereocenters. The molecular weight excluding hydrogens is 378 g/mol. The highest BCUT2D eigenvalue weighted by Crippen LogP contribution is 2.33. The van der Waals surface area contributed by atoms with Gasteiger partial charge in [-0.25, -0.2) is 4.98 Å². The molecule has 4 aromatic rings. The zero-order chi connectivity index (χ0) is 21.1. The molecule has 30 heavy (non-hydrogen) atoms. The van der Waals surface area contributed by atoms with Gasteiger partial charge in [0.1, 0.15) is 17.1 Å². The van der Waals surface area contributed by atoms with Crippen LogP contribution >= 0.6 is 0 Å². The lowest BCUT2D eigenvalue weighted by Crippen LogP contribution is -2.17. The molecule has 0 saturated heterocycles. The van der Waals surface area contributed by atoms with Gasteiger partial charge >= 0.3 is 0 Å². The van der Waals surface area contributed by atoms with E-state index in [0.29, 0.717) is 17.9 Å². The number of methoxy groups -OCH3 is 2. The molecule has 1 N–H and O–H groups in total. The van der Waals surface area contributed by atoms with Crippen molar-refractivity contribution in [1.29, 1.82) is 0 Å². The van der Waals surface area contributed by atoms with Crippen LogP contribution in [0.4, 0.5) is 5.69 Å². The number of benzene rings is 2. The maximum absolute atomic E-state index is 12.4. The molecule has 0 atom stereocenters. The number of nitrogens with one attached hydrogen (secondary N) is 1. The van der Waals surface area contributed by atoms with Crippen molar-refractivity contribution >= 4 is 11.3 Å². The highest BCUT2D eigenvalue weighted by Gasteiger charge is 2.09. The summed E-state index contributed by atoms with van der Waals surface area (Å²) in [6, 6.07) is 19.1. The highest BCUT2D eigenvalue weighted by molar-refractivity contribution is 5.75. The summed E-state index contributed by atoms with van der Waals surface area (Å²) in [6.45, 7) is 2.39. The summed E-state index contributed by atoms with van der Waals surface area (Å²) in [6.07, 6.45) is 1.80. The first-order valence-corrected chi connectivity index (χ1v) is 9.62. The Morgan fingerprint density at radius 2 is 1.77 bits per heavy atom. The molecule has 6 nitrogen and oxygen atoms in total. The maximum Gasteiger partial charge on any atom is 0.258 e. The Kier molecular flexibility index (Phi) is 5.39. The molecule has 0 saturated carbocycles. The molecule has 0 aliphatic heterocycles. The van der Waals surface area contributed by atoms with E-state index in [1.807, 2.05) is 61.5 Å². The number of fused-ring (bicyclic) bond motifs is 1. The second-order valence-corrected chi connectivity index (χ2v) is 7.02. The smallest absolute Gasteiger partial charge is 0.258 e. The molecule has 6 heteroatoms. The average molecular weight is 401 g/mol. The third kappa shape index (κ3) is 3.98. The molecule has 4 rings (SSSR count). The Morgan fingerprint density at radius 3 is 2.50 bits per heavy atom. The summed E-state index contributed by atoms with van der Waals surface area (Å²) < 4.78 is 12.3. The topological polar surface area (TPSA) is 64.9 Å². The van der Waals surface area contributed by atoms with E-state index in [4.69, 9.17) is 9.47 Å². The monoisotopic (exact) mass is 401 g/mol. The van der Waals surface area contributed by atoms with E-state index in [1.54, 1.807) is 30.9 Å². The van der Waals surface area contributed by atoms with Gasteiger partial charge < -0.3 is 14.8 Å². The lowest BCUT2D eigenvalue weighted by atomic mass is 10.0. The quantitative estimate of drug-likeness (QED) is 0.522. The third-order valence-corrected chi connectivity index (χ3v) is 4.93. The number of pyridine rings is 1. The van der Waals surface area contributed by atoms with E-state index in [1.165, 1.54) is 0 Å². The van der Waals surface area contributed by atoms with Crippen molar-refractivity contribution in [2.24, 2.45) is 0 Å². The van der Waals surface area contributed by atoms with Crippen molar-refractivity contribution in [2.45, 2.75) is 13.5 Å². The van der Waals surface area contributed by atoms with Crippen LogP contribution in [0.15, 0.2) is 71.7 Å². The summed E-state index contributed by atoms with van der Waals surface area (Å²) in [5, 5.41) is 3.36. The molecule has 0 aliphatic rings. The van der Waals surface area contributed by atoms with Crippen LogP contribution < -0.4 is 20.3 Å². The van der Waals surface area contributed by atoms with Crippen LogP contribution in [-0.4, -0.2) is 23.6 Å². The molecule has 0 spiro atoms. The average Bonchev–Trinajstić information content (AvgIpc) is 2.78. The van der Waals surface area contributed by atoms with Gasteiger partial charge in [0, 0.05) is 23.5 Å². The van der Waals surface area contributed by atoms with Crippen LogP contribution in [-0.2, 0) is 6.54 Å². The second-order valence-electron chi connectivity index (χ2n) is 7.02. The molecule has 0 fully saturated rings. The van der Waals surface area contributed by atoms with Gasteiger partial charge in [0.25, 0.3) is 5.56 Å². The van der Waals surface area contributed by atoms with E-state index in [-0.39, 0.29) is 5.56 Å². The molecule has 0 aliphatic carbocycles. The lowest BCUT2D eigenvalue weighted by Gasteiger charge is -2.13. The number of ether oxygens (including phenoxy) is 2. The van der Waals surface area contributed by atoms with Gasteiger partial charge in [-0.05, 0) is 54.4 Å². The zero-order valence-corrected chi connectivity index (χ0v) is 17.2. The summed E-state index contributed by atoms with van der Waals surface area (Å²) in [5.41, 5.74) is 5.15. The lowest BCUT2D eigenvalue weighted by molar-refractivity contribution is 0.414. The minimum Gasteiger partial charge on any atom is -0.497 e. The van der Waals surface area contributed by atoms with Gasteiger partial charge in [-0.3, -0.25) is 9.20 Å². The van der Waals surface area contributed by atoms with Crippen LogP contribution in [0.3, 0.4) is 0 Å². The second kappa shape index (κ2) is 8.29. The van der Waals surface area contributed by atoms with Crippen LogP contribution in [0.5, 0.6) is 11.5 Å². The first-order valence-electron chi connectivity index (χ1n) is 9.62. The van der Waals surface area contributed by atoms with Crippen molar-refractivity contribution in [3.63, 3.8) is 0 Å². The molecule has 152 valence electrons. The number of aromatic nitrogens is 2. The van der Waals surface area contributed by atoms with Gasteiger partial charge in [0.05, 0.1) is 26.5 Å². The predicted molar refractivity (Wildman–Crippen MR) is 119 cm³/mol. The number of nitrogens with zero attached hydrogens (tertiary/aromatic N) is 2. The molecule has 2 aromatic heterocycles. The molecular formula is C24H23N3O3. The fourth-order valence-corrected chi connectivity index (χ4v) is 3.36. The van der Waals surface area contributed by atoms with Gasteiger partial charge in [0.2, 0.25) is 0 Å². The van der Waals surface area contributed by atoms with Gasteiger partial charge in [-0.1, -0.05) is 18.2 Å². The maximum atomic E-state index is 12.4. The first kappa shape index (κ1) is 19.5. The Hall–Kier alpha value is -3.80. The van der Waals surface area contributed by atoms with Gasteiger partial charge in [0.15, 0.2) is 0 Å². The van der Waals surface area contributed by atoms with E-state index < -0.39 is 0 Å². The molecule has 2 heterocycles. The van der Waals surface area contributed by atoms with Crippen molar-refractivity contribution in [3.05, 3.63) is 88.5 Å². The van der Waals surface area contributed by atoms with Crippen LogP contribution in [0, 0.1) is 6.92 Å². The summed E-state index contributed by atoms with van der Waals surface area (Å²) in [4.78, 5) is 17.0. The van der Waals surface area contributed by atoms with Crippen molar-refractivity contribution in [3.8, 4) is 22.6 Å². The van der Waals surface area contributed by atoms with Crippen molar-refractivity contribution in [1.82, 2.24) is 9.38 Å². The fraction of sp³-hybridized carbons (Fsp3) is 0.167. The Morgan fingerprint density at radius 1 is 0.967 bits per heavy atom. The molecule has 0 amide bonds. The third-order valence-electron chi connectivity index (χ3n) is 4.93. The standard InChI is InChI=1S/C24H23N3O3/c1-16-4-11-23-26-19(13-24(28)27(23)15-16)14-25-18-7-10-22(30-3)21(12-18)17-5-8-20(29-2)9-6-17/h4-13,15,25H,14H2,1-3H3. The predicted octanol–water partition coefficient (Wildman–Crippen LogP) is 4.30. The van der Waals surface area contributed by atoms with E-state index in [0.717, 1.165) is 33.9 Å². The summed E-state index contributed by atoms with van der Waals surface area (Å²) in [7, 11) is 3.30. The fourth-order valence-electron chi connectivity index (χ4n) is 3.36. The summed E-state index contributed by atoms with van der Waals surface area (Å²) in [5.74, 6) is 1.58. The van der Waals surface area contributed by atoms with Crippen LogP contribution in [0.25, 0.3) is 16.8 Å². The summed E-state index contributed by atoms with van der Waals surface area (Å²) >= 11 is 0. The van der Waals surface area contributed by atoms with E-state index in [2.05, 4.69) is 10.3 Å². The van der Waals surface area contributed by atoms with E-state index >= 15 is 0 Å². The number of aryl methyl sites for hydroxylation is 1. The minimum atomic E-state index is -0.0887. The van der Waals surface area contributed by atoms with Crippen LogP contribution in [0.2, 0.25) is 0 Å². The first-order chi connectivity index (χ1) is 14.6. The Balaban J connectivity index is 1.60. The van der Waals surface area contributed by atoms with Gasteiger partial charge in [-0.15, -0.1) is 0 Å². The van der Waals surface area contributed by atoms with E-state index in [9.17, 15) is 4.79 Å². The molecule has 0 radical (unpaired) electrons. The normalized spacial score (nSPS) is 10.8. The molecule has 0 bridgehead atoms. The van der Waals surface area contributed by atoms with Gasteiger partial charge in [-0.2, -0.15) is 0 Å². The Bertz CT molecular complexity index is 1250. The number of hydrogen-bond acceptors (Lipinski definition) is 5. The number of anilines is 1. The zero-order valence-electron chi connectivity index (χ0n) is 17.2. The minimum absolute atomic E-state index is 0.0887.